The van der Waals surface area contributed by atoms with Crippen molar-refractivity contribution < 1.29 is 27.9 Å². The Morgan fingerprint density at radius 1 is 1.00 bits per heavy atom. The molecule has 0 aliphatic carbocycles. The lowest BCUT2D eigenvalue weighted by Crippen LogP contribution is -2.10. The molecule has 0 saturated heterocycles. The van der Waals surface area contributed by atoms with Crippen molar-refractivity contribution in [3.8, 4) is 11.1 Å². The molecule has 1 amide bonds. The number of alkyl halides is 3. The summed E-state index contributed by atoms with van der Waals surface area (Å²) in [4.78, 5) is 22.1. The first-order valence-corrected chi connectivity index (χ1v) is 9.14. The van der Waals surface area contributed by atoms with Gasteiger partial charge in [0.2, 0.25) is 0 Å². The molecule has 0 aliphatic heterocycles. The number of anilines is 1. The summed E-state index contributed by atoms with van der Waals surface area (Å²) in [7, 11) is 0. The van der Waals surface area contributed by atoms with Crippen molar-refractivity contribution in [1.29, 1.82) is 0 Å². The van der Waals surface area contributed by atoms with Crippen LogP contribution in [0.3, 0.4) is 0 Å². The molecule has 1 heterocycles. The van der Waals surface area contributed by atoms with E-state index in [9.17, 15) is 22.8 Å². The molecular formula is C21H14F3NO3S. The number of rotatable bonds is 5. The topological polar surface area (TPSA) is 66.4 Å². The molecule has 8 heteroatoms. The summed E-state index contributed by atoms with van der Waals surface area (Å²) in [6.07, 6.45) is -2.22. The summed E-state index contributed by atoms with van der Waals surface area (Å²) >= 11 is 0.390. The Balaban J connectivity index is 1.84. The maximum absolute atomic E-state index is 13.4. The van der Waals surface area contributed by atoms with Crippen molar-refractivity contribution in [3.63, 3.8) is 0 Å². The van der Waals surface area contributed by atoms with E-state index in [0.29, 0.717) is 28.2 Å². The monoisotopic (exact) mass is 417 g/mol. The zero-order chi connectivity index (χ0) is 21.0. The summed E-state index contributed by atoms with van der Waals surface area (Å²) < 4.78 is 40.3. The smallest absolute Gasteiger partial charge is 0.426 e. The Bertz CT molecular complexity index is 1060. The maximum Gasteiger partial charge on any atom is 0.426 e. The fourth-order valence-electron chi connectivity index (χ4n) is 2.58. The molecule has 0 bridgehead atoms. The molecule has 1 aromatic heterocycles. The average molecular weight is 417 g/mol. The van der Waals surface area contributed by atoms with Crippen LogP contribution in [-0.4, -0.2) is 17.0 Å². The van der Waals surface area contributed by atoms with E-state index in [1.54, 1.807) is 42.5 Å². The molecule has 3 aromatic rings. The highest BCUT2D eigenvalue weighted by atomic mass is 32.1. The molecule has 148 valence electrons. The van der Waals surface area contributed by atoms with Crippen LogP contribution in [0, 0.1) is 0 Å². The summed E-state index contributed by atoms with van der Waals surface area (Å²) in [6.45, 7) is 0. The summed E-state index contributed by atoms with van der Waals surface area (Å²) in [5.74, 6) is -1.74. The molecule has 0 saturated carbocycles. The molecule has 3 rings (SSSR count). The first-order valence-electron chi connectivity index (χ1n) is 8.33. The van der Waals surface area contributed by atoms with Crippen molar-refractivity contribution >= 4 is 35.0 Å². The lowest BCUT2D eigenvalue weighted by molar-refractivity contribution is -0.134. The minimum Gasteiger partial charge on any atom is -0.478 e. The van der Waals surface area contributed by atoms with Crippen molar-refractivity contribution in [2.75, 3.05) is 5.32 Å². The number of amides is 1. The van der Waals surface area contributed by atoms with E-state index < -0.39 is 22.9 Å². The highest BCUT2D eigenvalue weighted by Gasteiger charge is 2.37. The van der Waals surface area contributed by atoms with Crippen LogP contribution in [0.2, 0.25) is 0 Å². The minimum absolute atomic E-state index is 0.0394. The standard InChI is InChI=1S/C21H14F3NO3S/c22-21(23,24)19-16(14-4-2-1-3-5-14)12-17(29-19)20(28)25-15-9-6-13(7-10-15)8-11-18(26)27/h1-12H,(H,25,28)(H,26,27)/b11-8+. The van der Waals surface area contributed by atoms with E-state index in [0.717, 1.165) is 6.08 Å². The quantitative estimate of drug-likeness (QED) is 0.517. The van der Waals surface area contributed by atoms with Gasteiger partial charge in [0.05, 0.1) is 4.88 Å². The van der Waals surface area contributed by atoms with Gasteiger partial charge in [-0.05, 0) is 35.4 Å². The van der Waals surface area contributed by atoms with Crippen molar-refractivity contribution in [3.05, 3.63) is 82.1 Å². The number of hydrogen-bond acceptors (Lipinski definition) is 3. The van der Waals surface area contributed by atoms with E-state index in [1.165, 1.54) is 24.3 Å². The van der Waals surface area contributed by atoms with Gasteiger partial charge in [0.25, 0.3) is 5.91 Å². The van der Waals surface area contributed by atoms with Gasteiger partial charge in [0.1, 0.15) is 4.88 Å². The lowest BCUT2D eigenvalue weighted by atomic mass is 10.1. The molecule has 4 nitrogen and oxygen atoms in total. The second-order valence-electron chi connectivity index (χ2n) is 5.96. The Morgan fingerprint density at radius 3 is 2.24 bits per heavy atom. The van der Waals surface area contributed by atoms with E-state index in [4.69, 9.17) is 5.11 Å². The predicted molar refractivity (Wildman–Crippen MR) is 106 cm³/mol. The molecule has 0 spiro atoms. The Morgan fingerprint density at radius 2 is 1.66 bits per heavy atom. The SMILES string of the molecule is O=C(O)/C=C/c1ccc(NC(=O)c2cc(-c3ccccc3)c(C(F)(F)F)s2)cc1. The third-order valence-corrected chi connectivity index (χ3v) is 5.06. The minimum atomic E-state index is -4.58. The normalized spacial score (nSPS) is 11.6. The van der Waals surface area contributed by atoms with Gasteiger partial charge in [-0.2, -0.15) is 13.2 Å². The fraction of sp³-hybridized carbons (Fsp3) is 0.0476. The largest absolute Gasteiger partial charge is 0.478 e. The number of carboxylic acid groups (broad SMARTS) is 1. The molecule has 2 N–H and O–H groups in total. The van der Waals surface area contributed by atoms with Crippen LogP contribution in [0.1, 0.15) is 20.1 Å². The van der Waals surface area contributed by atoms with E-state index in [2.05, 4.69) is 5.32 Å². The molecule has 0 unspecified atom stereocenters. The van der Waals surface area contributed by atoms with Gasteiger partial charge in [-0.3, -0.25) is 4.79 Å². The van der Waals surface area contributed by atoms with Crippen LogP contribution in [-0.2, 0) is 11.0 Å². The summed E-state index contributed by atoms with van der Waals surface area (Å²) in [6, 6.07) is 15.6. The maximum atomic E-state index is 13.4. The van der Waals surface area contributed by atoms with E-state index in [-0.39, 0.29) is 10.4 Å². The highest BCUT2D eigenvalue weighted by Crippen LogP contribution is 2.42. The Kier molecular flexibility index (Phi) is 5.84. The number of carboxylic acids is 1. The highest BCUT2D eigenvalue weighted by molar-refractivity contribution is 7.14. The first kappa shape index (κ1) is 20.3. The Labute approximate surface area is 167 Å². The van der Waals surface area contributed by atoms with Gasteiger partial charge in [-0.15, -0.1) is 11.3 Å². The number of carbonyl (C=O) groups excluding carboxylic acids is 1. The average Bonchev–Trinajstić information content (AvgIpc) is 3.14. The zero-order valence-electron chi connectivity index (χ0n) is 14.7. The number of halogens is 3. The number of hydrogen-bond donors (Lipinski definition) is 2. The molecule has 29 heavy (non-hydrogen) atoms. The molecule has 0 fully saturated rings. The van der Waals surface area contributed by atoms with Crippen molar-refractivity contribution in [2.45, 2.75) is 6.18 Å². The zero-order valence-corrected chi connectivity index (χ0v) is 15.6. The third-order valence-electron chi connectivity index (χ3n) is 3.89. The van der Waals surface area contributed by atoms with Gasteiger partial charge >= 0.3 is 12.1 Å². The van der Waals surface area contributed by atoms with Crippen LogP contribution in [0.15, 0.2) is 66.7 Å². The molecule has 2 aromatic carbocycles. The van der Waals surface area contributed by atoms with Crippen LogP contribution in [0.4, 0.5) is 18.9 Å². The number of benzene rings is 2. The van der Waals surface area contributed by atoms with E-state index in [1.807, 2.05) is 0 Å². The molecule has 0 radical (unpaired) electrons. The third kappa shape index (κ3) is 5.11. The number of carbonyl (C=O) groups is 2. The molecule has 0 aliphatic rings. The molecular weight excluding hydrogens is 403 g/mol. The fourth-order valence-corrected chi connectivity index (χ4v) is 3.53. The van der Waals surface area contributed by atoms with Gasteiger partial charge in [0, 0.05) is 17.3 Å². The second-order valence-corrected chi connectivity index (χ2v) is 7.02. The van der Waals surface area contributed by atoms with Crippen LogP contribution in [0.25, 0.3) is 17.2 Å². The second kappa shape index (κ2) is 8.32. The van der Waals surface area contributed by atoms with Gasteiger partial charge in [-0.1, -0.05) is 42.5 Å². The number of thiophene rings is 1. The first-order chi connectivity index (χ1) is 13.7. The van der Waals surface area contributed by atoms with Crippen molar-refractivity contribution in [2.24, 2.45) is 0 Å². The summed E-state index contributed by atoms with van der Waals surface area (Å²) in [5.41, 5.74) is 1.32. The van der Waals surface area contributed by atoms with Crippen molar-refractivity contribution in [1.82, 2.24) is 0 Å². The van der Waals surface area contributed by atoms with Crippen LogP contribution in [0.5, 0.6) is 0 Å². The van der Waals surface area contributed by atoms with Gasteiger partial charge < -0.3 is 10.4 Å². The van der Waals surface area contributed by atoms with E-state index >= 15 is 0 Å². The van der Waals surface area contributed by atoms with Gasteiger partial charge in [-0.25, -0.2) is 4.79 Å². The predicted octanol–water partition coefficient (Wildman–Crippen LogP) is 5.78. The van der Waals surface area contributed by atoms with Crippen LogP contribution >= 0.6 is 11.3 Å². The van der Waals surface area contributed by atoms with Gasteiger partial charge in [0.15, 0.2) is 0 Å². The van der Waals surface area contributed by atoms with Crippen LogP contribution < -0.4 is 5.32 Å². The summed E-state index contributed by atoms with van der Waals surface area (Å²) in [5, 5.41) is 11.2. The molecule has 0 atom stereocenters. The number of aliphatic carboxylic acids is 1. The lowest BCUT2D eigenvalue weighted by Gasteiger charge is -2.07. The number of nitrogens with one attached hydrogen (secondary N) is 1. The Hall–Kier alpha value is -3.39.